The summed E-state index contributed by atoms with van der Waals surface area (Å²) in [6.07, 6.45) is 0. The van der Waals surface area contributed by atoms with Gasteiger partial charge in [0.05, 0.1) is 10.6 Å². The lowest BCUT2D eigenvalue weighted by molar-refractivity contribution is -0.384. The molecule has 0 radical (unpaired) electrons. The molecular formula is C14H17N3O3. The number of rotatable bonds is 4. The van der Waals surface area contributed by atoms with Crippen molar-refractivity contribution in [2.75, 3.05) is 0 Å². The van der Waals surface area contributed by atoms with E-state index >= 15 is 0 Å². The highest BCUT2D eigenvalue weighted by Gasteiger charge is 2.12. The number of hydrogen-bond acceptors (Lipinski definition) is 5. The van der Waals surface area contributed by atoms with Crippen molar-refractivity contribution in [3.05, 3.63) is 46.1 Å². The van der Waals surface area contributed by atoms with Crippen LogP contribution in [0.25, 0.3) is 11.3 Å². The highest BCUT2D eigenvalue weighted by atomic mass is 16.6. The Morgan fingerprint density at radius 1 is 1.30 bits per heavy atom. The molecule has 0 bridgehead atoms. The lowest BCUT2D eigenvalue weighted by atomic mass is 10.1. The molecule has 6 heteroatoms. The van der Waals surface area contributed by atoms with Crippen LogP contribution in [0.3, 0.4) is 0 Å². The van der Waals surface area contributed by atoms with E-state index < -0.39 is 4.92 Å². The maximum absolute atomic E-state index is 10.6. The van der Waals surface area contributed by atoms with Crippen LogP contribution in [0.15, 0.2) is 34.9 Å². The van der Waals surface area contributed by atoms with Crippen LogP contribution >= 0.6 is 0 Å². The molecule has 0 aliphatic rings. The monoisotopic (exact) mass is 275 g/mol. The van der Waals surface area contributed by atoms with Gasteiger partial charge in [-0.05, 0) is 32.9 Å². The fourth-order valence-electron chi connectivity index (χ4n) is 1.63. The van der Waals surface area contributed by atoms with Crippen LogP contribution in [0.4, 0.5) is 5.69 Å². The smallest absolute Gasteiger partial charge is 0.269 e. The molecule has 2 aromatic rings. The molecule has 1 N–H and O–H groups in total. The summed E-state index contributed by atoms with van der Waals surface area (Å²) in [5.74, 6) is 0.602. The van der Waals surface area contributed by atoms with Crippen LogP contribution in [0, 0.1) is 10.1 Å². The lowest BCUT2D eigenvalue weighted by Gasteiger charge is -2.19. The summed E-state index contributed by atoms with van der Waals surface area (Å²) in [7, 11) is 0. The molecule has 0 amide bonds. The summed E-state index contributed by atoms with van der Waals surface area (Å²) in [4.78, 5) is 10.2. The molecule has 106 valence electrons. The zero-order chi connectivity index (χ0) is 14.8. The van der Waals surface area contributed by atoms with Crippen molar-refractivity contribution >= 4 is 5.69 Å². The first-order valence-corrected chi connectivity index (χ1v) is 6.30. The van der Waals surface area contributed by atoms with Crippen molar-refractivity contribution < 1.29 is 9.45 Å². The van der Waals surface area contributed by atoms with Gasteiger partial charge in [0, 0.05) is 35.8 Å². The number of aromatic nitrogens is 1. The highest BCUT2D eigenvalue weighted by molar-refractivity contribution is 5.59. The maximum Gasteiger partial charge on any atom is 0.269 e. The molecule has 0 atom stereocenters. The minimum atomic E-state index is -0.428. The van der Waals surface area contributed by atoms with E-state index in [0.717, 1.165) is 11.3 Å². The zero-order valence-corrected chi connectivity index (χ0v) is 11.7. The topological polar surface area (TPSA) is 81.2 Å². The van der Waals surface area contributed by atoms with Gasteiger partial charge in [-0.1, -0.05) is 5.16 Å². The molecule has 0 spiro atoms. The van der Waals surface area contributed by atoms with Gasteiger partial charge < -0.3 is 9.84 Å². The summed E-state index contributed by atoms with van der Waals surface area (Å²) in [6, 6.07) is 8.04. The molecule has 2 rings (SSSR count). The number of nitro groups is 1. The van der Waals surface area contributed by atoms with E-state index in [9.17, 15) is 10.1 Å². The first-order valence-electron chi connectivity index (χ1n) is 6.30. The molecule has 1 aromatic heterocycles. The largest absolute Gasteiger partial charge is 0.356 e. The van der Waals surface area contributed by atoms with Crippen LogP contribution in [0.2, 0.25) is 0 Å². The summed E-state index contributed by atoms with van der Waals surface area (Å²) in [5.41, 5.74) is 1.63. The SMILES string of the molecule is CC(C)(C)NCc1cc(-c2ccc([N+](=O)[O-])cc2)on1. The van der Waals surface area contributed by atoms with Crippen molar-refractivity contribution in [1.82, 2.24) is 10.5 Å². The molecule has 6 nitrogen and oxygen atoms in total. The Hall–Kier alpha value is -2.21. The summed E-state index contributed by atoms with van der Waals surface area (Å²) < 4.78 is 5.26. The number of nitro benzene ring substituents is 1. The van der Waals surface area contributed by atoms with Crippen molar-refractivity contribution in [2.45, 2.75) is 32.9 Å². The van der Waals surface area contributed by atoms with Crippen LogP contribution in [-0.2, 0) is 6.54 Å². The Bertz CT molecular complexity index is 597. The number of nitrogens with one attached hydrogen (secondary N) is 1. The molecule has 1 aromatic carbocycles. The predicted molar refractivity (Wildman–Crippen MR) is 75.2 cm³/mol. The number of hydrogen-bond donors (Lipinski definition) is 1. The molecule has 1 heterocycles. The van der Waals surface area contributed by atoms with Crippen LogP contribution < -0.4 is 5.32 Å². The quantitative estimate of drug-likeness (QED) is 0.684. The predicted octanol–water partition coefficient (Wildman–Crippen LogP) is 3.14. The standard InChI is InChI=1S/C14H17N3O3/c1-14(2,3)15-9-11-8-13(20-16-11)10-4-6-12(7-5-10)17(18)19/h4-8,15H,9H2,1-3H3. The van der Waals surface area contributed by atoms with Crippen molar-refractivity contribution in [2.24, 2.45) is 0 Å². The van der Waals surface area contributed by atoms with Crippen LogP contribution in [0.1, 0.15) is 26.5 Å². The van der Waals surface area contributed by atoms with Crippen molar-refractivity contribution in [3.63, 3.8) is 0 Å². The Balaban J connectivity index is 2.10. The van der Waals surface area contributed by atoms with E-state index in [0.29, 0.717) is 12.3 Å². The van der Waals surface area contributed by atoms with Gasteiger partial charge in [0.25, 0.3) is 5.69 Å². The van der Waals surface area contributed by atoms with Crippen LogP contribution in [0.5, 0.6) is 0 Å². The summed E-state index contributed by atoms with van der Waals surface area (Å²) in [6.45, 7) is 6.83. The van der Waals surface area contributed by atoms with Gasteiger partial charge in [0.1, 0.15) is 0 Å². The fourth-order valence-corrected chi connectivity index (χ4v) is 1.63. The Morgan fingerprint density at radius 2 is 1.95 bits per heavy atom. The van der Waals surface area contributed by atoms with Gasteiger partial charge in [-0.2, -0.15) is 0 Å². The van der Waals surface area contributed by atoms with E-state index in [1.807, 2.05) is 6.07 Å². The third kappa shape index (κ3) is 3.64. The van der Waals surface area contributed by atoms with Crippen molar-refractivity contribution in [1.29, 1.82) is 0 Å². The summed E-state index contributed by atoms with van der Waals surface area (Å²) >= 11 is 0. The molecule has 20 heavy (non-hydrogen) atoms. The Labute approximate surface area is 116 Å². The minimum Gasteiger partial charge on any atom is -0.356 e. The van der Waals surface area contributed by atoms with E-state index in [2.05, 4.69) is 31.2 Å². The molecule has 0 saturated heterocycles. The second-order valence-electron chi connectivity index (χ2n) is 5.59. The average molecular weight is 275 g/mol. The van der Waals surface area contributed by atoms with E-state index in [4.69, 9.17) is 4.52 Å². The van der Waals surface area contributed by atoms with Gasteiger partial charge in [-0.3, -0.25) is 10.1 Å². The Kier molecular flexibility index (Phi) is 3.85. The van der Waals surface area contributed by atoms with Gasteiger partial charge in [0.2, 0.25) is 0 Å². The first kappa shape index (κ1) is 14.2. The molecule has 0 aliphatic heterocycles. The zero-order valence-electron chi connectivity index (χ0n) is 11.7. The second kappa shape index (κ2) is 5.42. The molecule has 0 saturated carbocycles. The molecular weight excluding hydrogens is 258 g/mol. The second-order valence-corrected chi connectivity index (χ2v) is 5.59. The number of non-ortho nitro benzene ring substituents is 1. The third-order valence-corrected chi connectivity index (χ3v) is 2.72. The minimum absolute atomic E-state index is 0.00642. The maximum atomic E-state index is 10.6. The van der Waals surface area contributed by atoms with Gasteiger partial charge in [-0.25, -0.2) is 0 Å². The van der Waals surface area contributed by atoms with Crippen molar-refractivity contribution in [3.8, 4) is 11.3 Å². The fraction of sp³-hybridized carbons (Fsp3) is 0.357. The van der Waals surface area contributed by atoms with E-state index in [1.54, 1.807) is 12.1 Å². The summed E-state index contributed by atoms with van der Waals surface area (Å²) in [5, 5.41) is 17.9. The molecule has 0 aliphatic carbocycles. The third-order valence-electron chi connectivity index (χ3n) is 2.72. The lowest BCUT2D eigenvalue weighted by Crippen LogP contribution is -2.35. The van der Waals surface area contributed by atoms with Crippen LogP contribution in [-0.4, -0.2) is 15.6 Å². The Morgan fingerprint density at radius 3 is 2.50 bits per heavy atom. The molecule has 0 unspecified atom stereocenters. The highest BCUT2D eigenvalue weighted by Crippen LogP contribution is 2.23. The van der Waals surface area contributed by atoms with Gasteiger partial charge >= 0.3 is 0 Å². The number of nitrogens with zero attached hydrogens (tertiary/aromatic N) is 2. The first-order chi connectivity index (χ1) is 9.35. The van der Waals surface area contributed by atoms with Gasteiger partial charge in [0.15, 0.2) is 5.76 Å². The average Bonchev–Trinajstić information content (AvgIpc) is 2.84. The molecule has 0 fully saturated rings. The van der Waals surface area contributed by atoms with E-state index in [-0.39, 0.29) is 11.2 Å². The van der Waals surface area contributed by atoms with Gasteiger partial charge in [-0.15, -0.1) is 0 Å². The number of benzene rings is 1. The normalized spacial score (nSPS) is 11.6. The van der Waals surface area contributed by atoms with E-state index in [1.165, 1.54) is 12.1 Å².